The van der Waals surface area contributed by atoms with Crippen molar-refractivity contribution in [3.05, 3.63) is 81.4 Å². The Bertz CT molecular complexity index is 1630. The number of anilines is 1. The van der Waals surface area contributed by atoms with Crippen LogP contribution in [0.3, 0.4) is 0 Å². The summed E-state index contributed by atoms with van der Waals surface area (Å²) in [4.78, 5) is 30.1. The molecule has 1 aliphatic heterocycles. The highest BCUT2D eigenvalue weighted by Gasteiger charge is 2.40. The predicted octanol–water partition coefficient (Wildman–Crippen LogP) is 4.83. The molecule has 40 heavy (non-hydrogen) atoms. The number of nitrogens with zero attached hydrogens (tertiary/aromatic N) is 7. The van der Waals surface area contributed by atoms with Crippen molar-refractivity contribution in [2.75, 3.05) is 25.1 Å². The maximum absolute atomic E-state index is 12.9. The van der Waals surface area contributed by atoms with Gasteiger partial charge in [0.25, 0.3) is 5.82 Å². The zero-order valence-electron chi connectivity index (χ0n) is 23.2. The quantitative estimate of drug-likeness (QED) is 0.308. The molecule has 1 unspecified atom stereocenters. The minimum Gasteiger partial charge on any atom is -0.497 e. The Labute approximate surface area is 233 Å². The van der Waals surface area contributed by atoms with Crippen LogP contribution < -0.4 is 15.3 Å². The van der Waals surface area contributed by atoms with E-state index in [1.807, 2.05) is 12.1 Å². The van der Waals surface area contributed by atoms with E-state index in [0.717, 1.165) is 42.0 Å². The number of aromatic nitrogens is 4. The molecule has 2 fully saturated rings. The summed E-state index contributed by atoms with van der Waals surface area (Å²) in [5.41, 5.74) is 2.93. The lowest BCUT2D eigenvalue weighted by atomic mass is 9.95. The zero-order chi connectivity index (χ0) is 28.0. The molecule has 0 amide bonds. The van der Waals surface area contributed by atoms with E-state index in [4.69, 9.17) is 15.8 Å². The fraction of sp³-hybridized carbons (Fsp3) is 0.433. The van der Waals surface area contributed by atoms with E-state index in [2.05, 4.69) is 61.8 Å². The third-order valence-corrected chi connectivity index (χ3v) is 8.23. The average molecular weight is 540 g/mol. The summed E-state index contributed by atoms with van der Waals surface area (Å²) in [6, 6.07) is 13.8. The molecule has 206 valence electrons. The molecule has 1 aromatic carbocycles. The summed E-state index contributed by atoms with van der Waals surface area (Å²) in [6.07, 6.45) is 3.18. The highest BCUT2D eigenvalue weighted by molar-refractivity contribution is 5.87. The molecule has 0 bridgehead atoms. The molecule has 0 radical (unpaired) electrons. The third kappa shape index (κ3) is 4.60. The van der Waals surface area contributed by atoms with E-state index in [-0.39, 0.29) is 29.6 Å². The summed E-state index contributed by atoms with van der Waals surface area (Å²) < 4.78 is 12.7. The van der Waals surface area contributed by atoms with Crippen LogP contribution in [0.25, 0.3) is 15.9 Å². The van der Waals surface area contributed by atoms with E-state index >= 15 is 0 Å². The van der Waals surface area contributed by atoms with Gasteiger partial charge in [0.15, 0.2) is 5.82 Å². The van der Waals surface area contributed by atoms with Crippen LogP contribution >= 0.6 is 0 Å². The Morgan fingerprint density at radius 1 is 1.15 bits per heavy atom. The summed E-state index contributed by atoms with van der Waals surface area (Å²) in [7, 11) is 3.36. The molecule has 0 N–H and O–H groups in total. The number of pyridine rings is 1. The number of benzene rings is 1. The molecule has 0 spiro atoms. The standard InChI is InChI=1S/C30H33N7O3/c1-6-21-17-36(29-27-24(35(4)30(38)33-29)13-14-26(31-3)32-27)18(2)16-37(21)28(20-9-11-22(39-5)12-10-20)23-15-25(40-34-23)19-7-8-19/h9-15,18-19,21,28H,6-8,16-17H2,1-2,4-5H3/t18-,21+,28?/m0/s1. The van der Waals surface area contributed by atoms with Gasteiger partial charge in [-0.2, -0.15) is 4.98 Å². The van der Waals surface area contributed by atoms with Gasteiger partial charge in [-0.3, -0.25) is 9.47 Å². The second-order valence-electron chi connectivity index (χ2n) is 10.8. The van der Waals surface area contributed by atoms with Gasteiger partial charge in [0.2, 0.25) is 5.52 Å². The normalized spacial score (nSPS) is 20.4. The van der Waals surface area contributed by atoms with Gasteiger partial charge in [-0.1, -0.05) is 30.8 Å². The van der Waals surface area contributed by atoms with Crippen molar-refractivity contribution in [2.45, 2.75) is 57.2 Å². The number of piperazine rings is 1. The molecule has 6 rings (SSSR count). The predicted molar refractivity (Wildman–Crippen MR) is 152 cm³/mol. The lowest BCUT2D eigenvalue weighted by Gasteiger charge is -2.48. The van der Waals surface area contributed by atoms with E-state index < -0.39 is 0 Å². The van der Waals surface area contributed by atoms with Crippen LogP contribution in [-0.2, 0) is 7.05 Å². The number of hydrogen-bond acceptors (Lipinski definition) is 8. The topological polar surface area (TPSA) is 93.9 Å². The van der Waals surface area contributed by atoms with Gasteiger partial charge in [0.1, 0.15) is 17.2 Å². The zero-order valence-corrected chi connectivity index (χ0v) is 23.2. The van der Waals surface area contributed by atoms with E-state index in [9.17, 15) is 4.79 Å². The monoisotopic (exact) mass is 539 g/mol. The molecule has 3 aromatic heterocycles. The van der Waals surface area contributed by atoms with Crippen LogP contribution in [0, 0.1) is 6.57 Å². The lowest BCUT2D eigenvalue weighted by Crippen LogP contribution is -2.58. The summed E-state index contributed by atoms with van der Waals surface area (Å²) in [6.45, 7) is 13.1. The molecular weight excluding hydrogens is 506 g/mol. The number of aryl methyl sites for hydroxylation is 1. The van der Waals surface area contributed by atoms with Crippen molar-refractivity contribution in [2.24, 2.45) is 7.05 Å². The van der Waals surface area contributed by atoms with Gasteiger partial charge in [-0.25, -0.2) is 4.79 Å². The van der Waals surface area contributed by atoms with Gasteiger partial charge >= 0.3 is 5.69 Å². The van der Waals surface area contributed by atoms with Crippen LogP contribution in [0.4, 0.5) is 11.6 Å². The Kier molecular flexibility index (Phi) is 6.76. The summed E-state index contributed by atoms with van der Waals surface area (Å²) in [5.74, 6) is 3.06. The van der Waals surface area contributed by atoms with Crippen LogP contribution in [0.5, 0.6) is 5.75 Å². The van der Waals surface area contributed by atoms with Crippen LogP contribution in [0.2, 0.25) is 0 Å². The van der Waals surface area contributed by atoms with Gasteiger partial charge in [0, 0.05) is 44.2 Å². The van der Waals surface area contributed by atoms with Crippen molar-refractivity contribution in [3.8, 4) is 5.75 Å². The van der Waals surface area contributed by atoms with Crippen molar-refractivity contribution in [1.29, 1.82) is 0 Å². The molecule has 1 saturated carbocycles. The number of fused-ring (bicyclic) bond motifs is 1. The van der Waals surface area contributed by atoms with Crippen molar-refractivity contribution >= 4 is 22.7 Å². The van der Waals surface area contributed by atoms with Gasteiger partial charge < -0.3 is 19.0 Å². The first-order valence-electron chi connectivity index (χ1n) is 13.8. The molecule has 10 nitrogen and oxygen atoms in total. The highest BCUT2D eigenvalue weighted by Crippen LogP contribution is 2.42. The number of ether oxygens (including phenoxy) is 1. The van der Waals surface area contributed by atoms with Crippen molar-refractivity contribution in [1.82, 2.24) is 24.6 Å². The number of hydrogen-bond donors (Lipinski definition) is 0. The molecule has 10 heteroatoms. The Balaban J connectivity index is 1.40. The molecular formula is C30H33N7O3. The Morgan fingerprint density at radius 2 is 1.93 bits per heavy atom. The van der Waals surface area contributed by atoms with Crippen LogP contribution in [0.15, 0.2) is 51.8 Å². The van der Waals surface area contributed by atoms with E-state index in [1.54, 1.807) is 26.3 Å². The molecule has 1 aliphatic carbocycles. The number of rotatable bonds is 7. The minimum atomic E-state index is -0.339. The maximum atomic E-state index is 12.9. The Hall–Kier alpha value is -4.23. The van der Waals surface area contributed by atoms with Crippen molar-refractivity contribution in [3.63, 3.8) is 0 Å². The fourth-order valence-corrected chi connectivity index (χ4v) is 5.81. The third-order valence-electron chi connectivity index (χ3n) is 8.23. The largest absolute Gasteiger partial charge is 0.497 e. The molecule has 1 saturated heterocycles. The van der Waals surface area contributed by atoms with Crippen LogP contribution in [0.1, 0.15) is 62.1 Å². The van der Waals surface area contributed by atoms with Gasteiger partial charge in [-0.05, 0) is 56.0 Å². The SMILES string of the molecule is [C-]#[N+]c1ccc2c(n1)c(N1C[C@@H](CC)N(C(c3ccc(OC)cc3)c3cc(C4CC4)on3)C[C@@H]1C)nc(=O)n2C. The smallest absolute Gasteiger partial charge is 0.350 e. The maximum Gasteiger partial charge on any atom is 0.350 e. The fourth-order valence-electron chi connectivity index (χ4n) is 5.81. The Morgan fingerprint density at radius 3 is 2.60 bits per heavy atom. The van der Waals surface area contributed by atoms with E-state index in [1.165, 1.54) is 4.57 Å². The average Bonchev–Trinajstić information content (AvgIpc) is 3.72. The van der Waals surface area contributed by atoms with Crippen molar-refractivity contribution < 1.29 is 9.26 Å². The highest BCUT2D eigenvalue weighted by atomic mass is 16.5. The first-order chi connectivity index (χ1) is 19.4. The second-order valence-corrected chi connectivity index (χ2v) is 10.8. The van der Waals surface area contributed by atoms with Crippen LogP contribution in [-0.4, -0.2) is 56.9 Å². The second kappa shape index (κ2) is 10.4. The summed E-state index contributed by atoms with van der Waals surface area (Å²) in [5, 5.41) is 4.57. The molecule has 2 aliphatic rings. The first kappa shape index (κ1) is 26.0. The minimum absolute atomic E-state index is 0.0135. The first-order valence-corrected chi connectivity index (χ1v) is 13.8. The number of methoxy groups -OCH3 is 1. The molecule has 4 aromatic rings. The van der Waals surface area contributed by atoms with Gasteiger partial charge in [-0.15, -0.1) is 4.98 Å². The van der Waals surface area contributed by atoms with Gasteiger partial charge in [0.05, 0.1) is 18.7 Å². The van der Waals surface area contributed by atoms with E-state index in [0.29, 0.717) is 35.9 Å². The molecule has 4 heterocycles. The summed E-state index contributed by atoms with van der Waals surface area (Å²) >= 11 is 0. The molecule has 3 atom stereocenters. The lowest BCUT2D eigenvalue weighted by molar-refractivity contribution is 0.111.